The van der Waals surface area contributed by atoms with Gasteiger partial charge in [0.2, 0.25) is 0 Å². The Morgan fingerprint density at radius 1 is 1.32 bits per heavy atom. The van der Waals surface area contributed by atoms with Gasteiger partial charge < -0.3 is 14.2 Å². The number of methoxy groups -OCH3 is 2. The summed E-state index contributed by atoms with van der Waals surface area (Å²) in [7, 11) is 2.73. The lowest BCUT2D eigenvalue weighted by atomic mass is 10.1. The number of carbonyl (C=O) groups excluding carboxylic acids is 2. The van der Waals surface area contributed by atoms with E-state index in [2.05, 4.69) is 31.9 Å². The summed E-state index contributed by atoms with van der Waals surface area (Å²) in [5.41, 5.74) is 0.947. The number of benzene rings is 1. The van der Waals surface area contributed by atoms with Gasteiger partial charge in [0, 0.05) is 12.3 Å². The van der Waals surface area contributed by atoms with Crippen molar-refractivity contribution in [2.45, 2.75) is 12.3 Å². The Labute approximate surface area is 127 Å². The third-order valence-electron chi connectivity index (χ3n) is 2.29. The van der Waals surface area contributed by atoms with Crippen molar-refractivity contribution >= 4 is 43.8 Å². The Hall–Kier alpha value is -1.08. The van der Waals surface area contributed by atoms with Gasteiger partial charge in [0.15, 0.2) is 11.5 Å². The van der Waals surface area contributed by atoms with E-state index in [1.807, 2.05) is 0 Å². The molecule has 0 amide bonds. The molecule has 19 heavy (non-hydrogen) atoms. The summed E-state index contributed by atoms with van der Waals surface area (Å²) in [6.45, 7) is 1.27. The van der Waals surface area contributed by atoms with Crippen LogP contribution in [0, 0.1) is 0 Å². The number of alkyl halides is 1. The van der Waals surface area contributed by atoms with Gasteiger partial charge in [0.1, 0.15) is 0 Å². The summed E-state index contributed by atoms with van der Waals surface area (Å²) in [5.74, 6) is -0.525. The van der Waals surface area contributed by atoms with Gasteiger partial charge in [0.25, 0.3) is 0 Å². The molecule has 0 bridgehead atoms. The quantitative estimate of drug-likeness (QED) is 0.445. The largest absolute Gasteiger partial charge is 0.492 e. The topological polar surface area (TPSA) is 61.8 Å². The normalized spacial score (nSPS) is 9.95. The van der Waals surface area contributed by atoms with E-state index < -0.39 is 11.9 Å². The van der Waals surface area contributed by atoms with Crippen molar-refractivity contribution < 1.29 is 23.8 Å². The molecule has 0 atom stereocenters. The van der Waals surface area contributed by atoms with Crippen molar-refractivity contribution in [1.29, 1.82) is 0 Å². The molecule has 0 heterocycles. The SMILES string of the molecule is COC(=O)c1cc(OC(C)=O)c(OC)c(Br)c1CBr. The van der Waals surface area contributed by atoms with Crippen LogP contribution in [-0.4, -0.2) is 26.2 Å². The summed E-state index contributed by atoms with van der Waals surface area (Å²) in [6.07, 6.45) is 0. The fraction of sp³-hybridized carbons (Fsp3) is 0.333. The number of hydrogen-bond acceptors (Lipinski definition) is 5. The molecule has 1 rings (SSSR count). The highest BCUT2D eigenvalue weighted by molar-refractivity contribution is 9.11. The summed E-state index contributed by atoms with van der Waals surface area (Å²) in [4.78, 5) is 22.8. The van der Waals surface area contributed by atoms with E-state index in [-0.39, 0.29) is 5.75 Å². The smallest absolute Gasteiger partial charge is 0.338 e. The third-order valence-corrected chi connectivity index (χ3v) is 3.68. The molecule has 0 radical (unpaired) electrons. The Balaban J connectivity index is 3.52. The third kappa shape index (κ3) is 3.48. The van der Waals surface area contributed by atoms with Gasteiger partial charge in [-0.1, -0.05) is 15.9 Å². The number of ether oxygens (including phenoxy) is 3. The van der Waals surface area contributed by atoms with E-state index in [0.29, 0.717) is 26.7 Å². The fourth-order valence-corrected chi connectivity index (χ4v) is 3.16. The molecule has 0 aliphatic rings. The minimum Gasteiger partial charge on any atom is -0.492 e. The highest BCUT2D eigenvalue weighted by Crippen LogP contribution is 2.41. The minimum absolute atomic E-state index is 0.159. The minimum atomic E-state index is -0.522. The molecule has 1 aromatic rings. The van der Waals surface area contributed by atoms with Crippen LogP contribution >= 0.6 is 31.9 Å². The van der Waals surface area contributed by atoms with Crippen LogP contribution in [0.15, 0.2) is 10.5 Å². The zero-order chi connectivity index (χ0) is 14.6. The fourth-order valence-electron chi connectivity index (χ4n) is 1.49. The lowest BCUT2D eigenvalue weighted by molar-refractivity contribution is -0.132. The average molecular weight is 396 g/mol. The van der Waals surface area contributed by atoms with Crippen LogP contribution in [0.4, 0.5) is 0 Å². The van der Waals surface area contributed by atoms with Gasteiger partial charge >= 0.3 is 11.9 Å². The zero-order valence-corrected chi connectivity index (χ0v) is 13.8. The summed E-state index contributed by atoms with van der Waals surface area (Å²) >= 11 is 6.63. The van der Waals surface area contributed by atoms with E-state index in [9.17, 15) is 9.59 Å². The van der Waals surface area contributed by atoms with Gasteiger partial charge in [-0.15, -0.1) is 0 Å². The predicted octanol–water partition coefficient (Wildman–Crippen LogP) is 3.06. The summed E-state index contributed by atoms with van der Waals surface area (Å²) in [5, 5.41) is 0.411. The second-order valence-corrected chi connectivity index (χ2v) is 4.82. The van der Waals surface area contributed by atoms with Gasteiger partial charge in [0.05, 0.1) is 24.3 Å². The molecule has 0 saturated carbocycles. The Bertz CT molecular complexity index is 513. The average Bonchev–Trinajstić information content (AvgIpc) is 2.37. The lowest BCUT2D eigenvalue weighted by Gasteiger charge is -2.15. The Morgan fingerprint density at radius 3 is 2.37 bits per heavy atom. The van der Waals surface area contributed by atoms with Crippen molar-refractivity contribution in [3.63, 3.8) is 0 Å². The first-order valence-corrected chi connectivity index (χ1v) is 7.09. The van der Waals surface area contributed by atoms with Crippen molar-refractivity contribution in [2.75, 3.05) is 14.2 Å². The standard InChI is InChI=1S/C12H12Br2O5/c1-6(15)19-9-4-7(12(16)18-3)8(5-13)10(14)11(9)17-2/h4H,5H2,1-3H3. The van der Waals surface area contributed by atoms with E-state index in [0.717, 1.165) is 0 Å². The lowest BCUT2D eigenvalue weighted by Crippen LogP contribution is -2.10. The van der Waals surface area contributed by atoms with Crippen molar-refractivity contribution in [2.24, 2.45) is 0 Å². The van der Waals surface area contributed by atoms with Gasteiger partial charge in [-0.2, -0.15) is 0 Å². The summed E-state index contributed by atoms with van der Waals surface area (Å²) in [6, 6.07) is 1.42. The molecule has 1 aromatic carbocycles. The van der Waals surface area contributed by atoms with Crippen molar-refractivity contribution in [3.05, 3.63) is 21.7 Å². The van der Waals surface area contributed by atoms with Crippen LogP contribution in [0.25, 0.3) is 0 Å². The summed E-state index contributed by atoms with van der Waals surface area (Å²) < 4.78 is 15.5. The van der Waals surface area contributed by atoms with E-state index in [1.165, 1.54) is 27.2 Å². The van der Waals surface area contributed by atoms with E-state index in [4.69, 9.17) is 14.2 Å². The molecule has 104 valence electrons. The van der Waals surface area contributed by atoms with Crippen LogP contribution in [0.2, 0.25) is 0 Å². The molecule has 0 aliphatic heterocycles. The van der Waals surface area contributed by atoms with Gasteiger partial charge in [-0.3, -0.25) is 4.79 Å². The number of hydrogen-bond donors (Lipinski definition) is 0. The molecule has 0 spiro atoms. The van der Waals surface area contributed by atoms with Crippen LogP contribution < -0.4 is 9.47 Å². The predicted molar refractivity (Wildman–Crippen MR) is 76.0 cm³/mol. The maximum atomic E-state index is 11.7. The monoisotopic (exact) mass is 394 g/mol. The molecular weight excluding hydrogens is 384 g/mol. The second kappa shape index (κ2) is 6.91. The van der Waals surface area contributed by atoms with E-state index >= 15 is 0 Å². The molecule has 0 saturated heterocycles. The number of esters is 2. The number of rotatable bonds is 4. The van der Waals surface area contributed by atoms with Crippen LogP contribution in [0.3, 0.4) is 0 Å². The number of carbonyl (C=O) groups is 2. The first-order chi connectivity index (χ1) is 8.96. The molecule has 7 heteroatoms. The van der Waals surface area contributed by atoms with Gasteiger partial charge in [-0.05, 0) is 27.6 Å². The Morgan fingerprint density at radius 2 is 1.95 bits per heavy atom. The molecule has 0 aromatic heterocycles. The van der Waals surface area contributed by atoms with Crippen molar-refractivity contribution in [3.8, 4) is 11.5 Å². The first kappa shape index (κ1) is 16.0. The van der Waals surface area contributed by atoms with Crippen LogP contribution in [0.1, 0.15) is 22.8 Å². The Kier molecular flexibility index (Phi) is 5.81. The second-order valence-electron chi connectivity index (χ2n) is 3.47. The molecule has 5 nitrogen and oxygen atoms in total. The zero-order valence-electron chi connectivity index (χ0n) is 10.6. The number of halogens is 2. The molecule has 0 N–H and O–H groups in total. The highest BCUT2D eigenvalue weighted by atomic mass is 79.9. The van der Waals surface area contributed by atoms with Gasteiger partial charge in [-0.25, -0.2) is 4.79 Å². The highest BCUT2D eigenvalue weighted by Gasteiger charge is 2.22. The molecule has 0 aliphatic carbocycles. The van der Waals surface area contributed by atoms with Crippen LogP contribution in [0.5, 0.6) is 11.5 Å². The maximum absolute atomic E-state index is 11.7. The molecule has 0 fully saturated rings. The first-order valence-electron chi connectivity index (χ1n) is 5.18. The van der Waals surface area contributed by atoms with E-state index in [1.54, 1.807) is 0 Å². The molecule has 0 unspecified atom stereocenters. The van der Waals surface area contributed by atoms with Crippen LogP contribution in [-0.2, 0) is 14.9 Å². The molecular formula is C12H12Br2O5. The van der Waals surface area contributed by atoms with Crippen molar-refractivity contribution in [1.82, 2.24) is 0 Å². The maximum Gasteiger partial charge on any atom is 0.338 e.